The Morgan fingerprint density at radius 3 is 2.21 bits per heavy atom. The van der Waals surface area contributed by atoms with E-state index in [4.69, 9.17) is 11.6 Å². The molecule has 0 atom stereocenters. The number of halogens is 1. The minimum absolute atomic E-state index is 0.0679. The van der Waals surface area contributed by atoms with Crippen LogP contribution >= 0.6 is 23.4 Å². The molecule has 0 radical (unpaired) electrons. The van der Waals surface area contributed by atoms with E-state index < -0.39 is 0 Å². The topological polar surface area (TPSA) is 42.2 Å². The Morgan fingerprint density at radius 2 is 1.54 bits per heavy atom. The average molecular weight is 408 g/mol. The number of para-hydroxylation sites is 1. The molecule has 0 aliphatic heterocycles. The molecule has 1 N–H and O–H groups in total. The molecule has 0 unspecified atom stereocenters. The van der Waals surface area contributed by atoms with Gasteiger partial charge in [-0.05, 0) is 54.1 Å². The normalized spacial score (nSPS) is 11.1. The van der Waals surface area contributed by atoms with Crippen LogP contribution in [0.3, 0.4) is 0 Å². The SMILES string of the molecule is Cn1c(=O)c(Cc2ccc(Sc3ccc(Cl)cc3)cc2)c(O)c2ccccc21. The molecule has 0 aliphatic rings. The van der Waals surface area contributed by atoms with Crippen LogP contribution in [0.15, 0.2) is 87.4 Å². The third kappa shape index (κ3) is 3.66. The van der Waals surface area contributed by atoms with E-state index in [2.05, 4.69) is 0 Å². The molecule has 1 heterocycles. The van der Waals surface area contributed by atoms with E-state index in [1.165, 1.54) is 0 Å². The van der Waals surface area contributed by atoms with Gasteiger partial charge in [-0.2, -0.15) is 0 Å². The maximum absolute atomic E-state index is 12.7. The van der Waals surface area contributed by atoms with Crippen molar-refractivity contribution in [2.45, 2.75) is 16.2 Å². The Hall–Kier alpha value is -2.69. The molecule has 0 aliphatic carbocycles. The van der Waals surface area contributed by atoms with Crippen LogP contribution in [0.5, 0.6) is 5.75 Å². The first-order valence-corrected chi connectivity index (χ1v) is 10.0. The van der Waals surface area contributed by atoms with Crippen molar-refractivity contribution < 1.29 is 5.11 Å². The van der Waals surface area contributed by atoms with E-state index >= 15 is 0 Å². The number of hydrogen-bond acceptors (Lipinski definition) is 3. The number of hydrogen-bond donors (Lipinski definition) is 1. The van der Waals surface area contributed by atoms with E-state index in [0.29, 0.717) is 17.4 Å². The molecule has 5 heteroatoms. The van der Waals surface area contributed by atoms with Crippen LogP contribution in [0.4, 0.5) is 0 Å². The summed E-state index contributed by atoms with van der Waals surface area (Å²) in [5.74, 6) is 0.0679. The second-order valence-electron chi connectivity index (χ2n) is 6.59. The number of aromatic hydroxyl groups is 1. The zero-order valence-electron chi connectivity index (χ0n) is 15.2. The molecule has 4 rings (SSSR count). The summed E-state index contributed by atoms with van der Waals surface area (Å²) in [7, 11) is 1.74. The molecule has 1 aromatic heterocycles. The highest BCUT2D eigenvalue weighted by Gasteiger charge is 2.14. The zero-order chi connectivity index (χ0) is 19.7. The molecule has 4 aromatic rings. The number of rotatable bonds is 4. The molecule has 0 bridgehead atoms. The van der Waals surface area contributed by atoms with Crippen molar-refractivity contribution in [1.82, 2.24) is 4.57 Å². The predicted octanol–water partition coefficient (Wildman–Crippen LogP) is 5.64. The van der Waals surface area contributed by atoms with Crippen LogP contribution < -0.4 is 5.56 Å². The van der Waals surface area contributed by atoms with E-state index in [0.717, 1.165) is 25.9 Å². The zero-order valence-corrected chi connectivity index (χ0v) is 16.8. The van der Waals surface area contributed by atoms with Gasteiger partial charge in [-0.1, -0.05) is 47.6 Å². The minimum Gasteiger partial charge on any atom is -0.507 e. The van der Waals surface area contributed by atoms with Gasteiger partial charge in [0, 0.05) is 33.7 Å². The molecule has 3 nitrogen and oxygen atoms in total. The Balaban J connectivity index is 1.61. The minimum atomic E-state index is -0.171. The molecule has 28 heavy (non-hydrogen) atoms. The van der Waals surface area contributed by atoms with Gasteiger partial charge in [-0.25, -0.2) is 0 Å². The summed E-state index contributed by atoms with van der Waals surface area (Å²) >= 11 is 7.58. The lowest BCUT2D eigenvalue weighted by molar-refractivity contribution is 0.473. The van der Waals surface area contributed by atoms with Gasteiger partial charge in [0.05, 0.1) is 11.1 Å². The smallest absolute Gasteiger partial charge is 0.258 e. The Bertz CT molecular complexity index is 1200. The summed E-state index contributed by atoms with van der Waals surface area (Å²) in [6.45, 7) is 0. The molecular formula is C23H18ClNO2S. The third-order valence-corrected chi connectivity index (χ3v) is 5.99. The molecule has 0 amide bonds. The second kappa shape index (κ2) is 7.74. The van der Waals surface area contributed by atoms with Crippen molar-refractivity contribution in [3.8, 4) is 5.75 Å². The molecule has 3 aromatic carbocycles. The van der Waals surface area contributed by atoms with Crippen molar-refractivity contribution in [2.75, 3.05) is 0 Å². The molecule has 140 valence electrons. The fourth-order valence-corrected chi connectivity index (χ4v) is 4.16. The number of aryl methyl sites for hydroxylation is 1. The third-order valence-electron chi connectivity index (χ3n) is 4.72. The highest BCUT2D eigenvalue weighted by Crippen LogP contribution is 2.30. The first kappa shape index (κ1) is 18.7. The summed E-state index contributed by atoms with van der Waals surface area (Å²) in [6.07, 6.45) is 0.384. The van der Waals surface area contributed by atoms with Crippen molar-refractivity contribution in [1.29, 1.82) is 0 Å². The largest absolute Gasteiger partial charge is 0.507 e. The molecule has 0 spiro atoms. The highest BCUT2D eigenvalue weighted by atomic mass is 35.5. The molecule has 0 saturated heterocycles. The second-order valence-corrected chi connectivity index (χ2v) is 8.17. The fraction of sp³-hybridized carbons (Fsp3) is 0.0870. The summed E-state index contributed by atoms with van der Waals surface area (Å²) in [5.41, 5.74) is 1.95. The van der Waals surface area contributed by atoms with Crippen LogP contribution in [0.25, 0.3) is 10.9 Å². The number of benzene rings is 3. The van der Waals surface area contributed by atoms with Gasteiger partial charge in [-0.3, -0.25) is 4.79 Å². The number of fused-ring (bicyclic) bond motifs is 1. The monoisotopic (exact) mass is 407 g/mol. The van der Waals surface area contributed by atoms with E-state index in [1.807, 2.05) is 72.8 Å². The van der Waals surface area contributed by atoms with Crippen molar-refractivity contribution in [3.63, 3.8) is 0 Å². The van der Waals surface area contributed by atoms with Gasteiger partial charge in [0.1, 0.15) is 5.75 Å². The van der Waals surface area contributed by atoms with E-state index in [-0.39, 0.29) is 11.3 Å². The van der Waals surface area contributed by atoms with Gasteiger partial charge >= 0.3 is 0 Å². The quantitative estimate of drug-likeness (QED) is 0.476. The van der Waals surface area contributed by atoms with Gasteiger partial charge in [0.15, 0.2) is 0 Å². The summed E-state index contributed by atoms with van der Waals surface area (Å²) in [5, 5.41) is 12.1. The van der Waals surface area contributed by atoms with Crippen molar-refractivity contribution >= 4 is 34.3 Å². The maximum Gasteiger partial charge on any atom is 0.258 e. The van der Waals surface area contributed by atoms with Crippen molar-refractivity contribution in [2.24, 2.45) is 7.05 Å². The van der Waals surface area contributed by atoms with Gasteiger partial charge < -0.3 is 9.67 Å². The summed E-state index contributed by atoms with van der Waals surface area (Å²) < 4.78 is 1.59. The lowest BCUT2D eigenvalue weighted by Crippen LogP contribution is -2.21. The lowest BCUT2D eigenvalue weighted by Gasteiger charge is -2.12. The van der Waals surface area contributed by atoms with E-state index in [1.54, 1.807) is 23.4 Å². The van der Waals surface area contributed by atoms with Crippen LogP contribution in [0, 0.1) is 0 Å². The number of aromatic nitrogens is 1. The standard InChI is InChI=1S/C23H18ClNO2S/c1-25-21-5-3-2-4-19(21)22(26)20(23(25)27)14-15-6-10-17(11-7-15)28-18-12-8-16(24)9-13-18/h2-13,26H,14H2,1H3. The Kier molecular flexibility index (Phi) is 5.16. The molecule has 0 saturated carbocycles. The van der Waals surface area contributed by atoms with Crippen LogP contribution in [0.1, 0.15) is 11.1 Å². The first-order chi connectivity index (χ1) is 13.5. The van der Waals surface area contributed by atoms with Gasteiger partial charge in [0.25, 0.3) is 5.56 Å². The lowest BCUT2D eigenvalue weighted by atomic mass is 10.0. The Morgan fingerprint density at radius 1 is 0.929 bits per heavy atom. The first-order valence-electron chi connectivity index (χ1n) is 8.85. The Labute approximate surface area is 172 Å². The summed E-state index contributed by atoms with van der Waals surface area (Å²) in [4.78, 5) is 14.9. The van der Waals surface area contributed by atoms with Crippen LogP contribution in [-0.2, 0) is 13.5 Å². The van der Waals surface area contributed by atoms with E-state index in [9.17, 15) is 9.90 Å². The molecule has 0 fully saturated rings. The van der Waals surface area contributed by atoms with Crippen LogP contribution in [-0.4, -0.2) is 9.67 Å². The number of nitrogens with zero attached hydrogens (tertiary/aromatic N) is 1. The van der Waals surface area contributed by atoms with Gasteiger partial charge in [-0.15, -0.1) is 0 Å². The highest BCUT2D eigenvalue weighted by molar-refractivity contribution is 7.99. The predicted molar refractivity (Wildman–Crippen MR) is 116 cm³/mol. The summed E-state index contributed by atoms with van der Waals surface area (Å²) in [6, 6.07) is 23.1. The maximum atomic E-state index is 12.7. The molecular weight excluding hydrogens is 390 g/mol. The van der Waals surface area contributed by atoms with Crippen LogP contribution in [0.2, 0.25) is 5.02 Å². The number of pyridine rings is 1. The van der Waals surface area contributed by atoms with Gasteiger partial charge in [0.2, 0.25) is 0 Å². The average Bonchev–Trinajstić information content (AvgIpc) is 2.72. The van der Waals surface area contributed by atoms with Crippen molar-refractivity contribution in [3.05, 3.63) is 99.3 Å². The fourth-order valence-electron chi connectivity index (χ4n) is 3.22.